The number of carbonyl (C=O) groups excluding carboxylic acids is 2. The molecule has 0 spiro atoms. The van der Waals surface area contributed by atoms with Crippen LogP contribution in [0.25, 0.3) is 11.3 Å². The number of carbonyl (C=O) groups is 2. The van der Waals surface area contributed by atoms with Gasteiger partial charge in [0, 0.05) is 23.2 Å². The number of thioether (sulfide) groups is 1. The summed E-state index contributed by atoms with van der Waals surface area (Å²) >= 11 is 1.51. The van der Waals surface area contributed by atoms with Crippen LogP contribution >= 0.6 is 11.8 Å². The Labute approximate surface area is 235 Å². The maximum absolute atomic E-state index is 13.8. The van der Waals surface area contributed by atoms with Crippen LogP contribution in [0.4, 0.5) is 5.82 Å². The SMILES string of the molecule is COc1ccc(OC)c([C@H]2SCC(=O)N(CC(=O)NCC(C)C)c3c2c(-c2ccccc2)nn3C(C)(C)C)c1. The van der Waals surface area contributed by atoms with E-state index in [0.717, 1.165) is 22.4 Å². The molecule has 1 N–H and O–H groups in total. The second-order valence-electron chi connectivity index (χ2n) is 11.0. The summed E-state index contributed by atoms with van der Waals surface area (Å²) < 4.78 is 13.2. The van der Waals surface area contributed by atoms with E-state index >= 15 is 0 Å². The number of benzene rings is 2. The van der Waals surface area contributed by atoms with Gasteiger partial charge in [-0.05, 0) is 44.9 Å². The molecule has 1 aliphatic heterocycles. The van der Waals surface area contributed by atoms with Gasteiger partial charge in [0.2, 0.25) is 11.8 Å². The highest BCUT2D eigenvalue weighted by Gasteiger charge is 2.40. The molecule has 0 saturated heterocycles. The number of hydrogen-bond acceptors (Lipinski definition) is 6. The summed E-state index contributed by atoms with van der Waals surface area (Å²) in [6.07, 6.45) is 0. The Morgan fingerprint density at radius 1 is 1.13 bits per heavy atom. The van der Waals surface area contributed by atoms with E-state index in [4.69, 9.17) is 14.6 Å². The lowest BCUT2D eigenvalue weighted by atomic mass is 9.98. The Kier molecular flexibility index (Phi) is 8.59. The number of ether oxygens (including phenoxy) is 2. The fraction of sp³-hybridized carbons (Fsp3) is 0.433. The van der Waals surface area contributed by atoms with E-state index in [9.17, 15) is 9.59 Å². The van der Waals surface area contributed by atoms with Gasteiger partial charge in [0.25, 0.3) is 0 Å². The Morgan fingerprint density at radius 2 is 1.85 bits per heavy atom. The number of amides is 2. The number of fused-ring (bicyclic) bond motifs is 1. The van der Waals surface area contributed by atoms with Crippen LogP contribution in [0, 0.1) is 5.92 Å². The van der Waals surface area contributed by atoms with Crippen molar-refractivity contribution in [2.75, 3.05) is 38.0 Å². The highest BCUT2D eigenvalue weighted by atomic mass is 32.2. The van der Waals surface area contributed by atoms with E-state index in [1.54, 1.807) is 19.1 Å². The molecule has 3 aromatic rings. The van der Waals surface area contributed by atoms with Crippen LogP contribution < -0.4 is 19.7 Å². The topological polar surface area (TPSA) is 85.7 Å². The maximum atomic E-state index is 13.8. The molecule has 39 heavy (non-hydrogen) atoms. The van der Waals surface area contributed by atoms with Crippen molar-refractivity contribution in [3.05, 3.63) is 59.7 Å². The summed E-state index contributed by atoms with van der Waals surface area (Å²) in [5.74, 6) is 2.16. The summed E-state index contributed by atoms with van der Waals surface area (Å²) in [6.45, 7) is 10.7. The molecule has 1 aliphatic rings. The fourth-order valence-electron chi connectivity index (χ4n) is 4.60. The van der Waals surface area contributed by atoms with Crippen molar-refractivity contribution < 1.29 is 19.1 Å². The van der Waals surface area contributed by atoms with Gasteiger partial charge >= 0.3 is 0 Å². The number of nitrogens with zero attached hydrogens (tertiary/aromatic N) is 3. The summed E-state index contributed by atoms with van der Waals surface area (Å²) in [5.41, 5.74) is 2.98. The largest absolute Gasteiger partial charge is 0.497 e. The van der Waals surface area contributed by atoms with E-state index in [-0.39, 0.29) is 29.4 Å². The zero-order valence-corrected chi connectivity index (χ0v) is 24.6. The third-order valence-electron chi connectivity index (χ3n) is 6.50. The van der Waals surface area contributed by atoms with Crippen LogP contribution in [-0.2, 0) is 15.1 Å². The quantitative estimate of drug-likeness (QED) is 0.412. The van der Waals surface area contributed by atoms with Gasteiger partial charge in [0.05, 0.1) is 36.5 Å². The zero-order valence-electron chi connectivity index (χ0n) is 23.8. The summed E-state index contributed by atoms with van der Waals surface area (Å²) in [7, 11) is 3.27. The molecule has 2 heterocycles. The average Bonchev–Trinajstić information content (AvgIpc) is 3.25. The molecule has 0 aliphatic carbocycles. The first kappa shape index (κ1) is 28.5. The first-order chi connectivity index (χ1) is 18.5. The molecular formula is C30H38N4O4S. The molecule has 0 radical (unpaired) electrons. The number of nitrogens with one attached hydrogen (secondary N) is 1. The number of methoxy groups -OCH3 is 2. The molecule has 208 valence electrons. The second-order valence-corrected chi connectivity index (χ2v) is 12.1. The maximum Gasteiger partial charge on any atom is 0.240 e. The number of rotatable bonds is 8. The summed E-state index contributed by atoms with van der Waals surface area (Å²) in [6, 6.07) is 15.7. The van der Waals surface area contributed by atoms with Crippen molar-refractivity contribution in [3.63, 3.8) is 0 Å². The fourth-order valence-corrected chi connectivity index (χ4v) is 5.82. The molecule has 0 unspecified atom stereocenters. The van der Waals surface area contributed by atoms with Gasteiger partial charge in [0.15, 0.2) is 0 Å². The molecule has 2 aromatic carbocycles. The second kappa shape index (κ2) is 11.7. The van der Waals surface area contributed by atoms with Gasteiger partial charge in [-0.2, -0.15) is 5.10 Å². The van der Waals surface area contributed by atoms with E-state index in [1.165, 1.54) is 11.8 Å². The number of hydrogen-bond donors (Lipinski definition) is 1. The Bertz CT molecular complexity index is 1330. The van der Waals surface area contributed by atoms with E-state index in [1.807, 2.05) is 67.1 Å². The van der Waals surface area contributed by atoms with Crippen LogP contribution in [0.5, 0.6) is 11.5 Å². The zero-order chi connectivity index (χ0) is 28.3. The molecule has 0 bridgehead atoms. The van der Waals surface area contributed by atoms with Gasteiger partial charge in [-0.25, -0.2) is 4.68 Å². The Balaban J connectivity index is 2.00. The van der Waals surface area contributed by atoms with Crippen LogP contribution in [0.15, 0.2) is 48.5 Å². The third-order valence-corrected chi connectivity index (χ3v) is 7.74. The molecular weight excluding hydrogens is 512 g/mol. The Morgan fingerprint density at radius 3 is 2.46 bits per heavy atom. The predicted octanol–water partition coefficient (Wildman–Crippen LogP) is 5.26. The van der Waals surface area contributed by atoms with Crippen LogP contribution in [0.2, 0.25) is 0 Å². The summed E-state index contributed by atoms with van der Waals surface area (Å²) in [4.78, 5) is 28.4. The number of aromatic nitrogens is 2. The van der Waals surface area contributed by atoms with Gasteiger partial charge in [0.1, 0.15) is 23.9 Å². The summed E-state index contributed by atoms with van der Waals surface area (Å²) in [5, 5.41) is 7.79. The average molecular weight is 551 g/mol. The van der Waals surface area contributed by atoms with Gasteiger partial charge in [-0.3, -0.25) is 14.5 Å². The highest BCUT2D eigenvalue weighted by Crippen LogP contribution is 2.51. The monoisotopic (exact) mass is 550 g/mol. The van der Waals surface area contributed by atoms with Crippen molar-refractivity contribution in [1.82, 2.24) is 15.1 Å². The molecule has 0 fully saturated rings. The molecule has 4 rings (SSSR count). The van der Waals surface area contributed by atoms with Gasteiger partial charge in [-0.15, -0.1) is 11.8 Å². The first-order valence-corrected chi connectivity index (χ1v) is 14.2. The van der Waals surface area contributed by atoms with Crippen molar-refractivity contribution >= 4 is 29.4 Å². The molecule has 8 nitrogen and oxygen atoms in total. The van der Waals surface area contributed by atoms with Crippen molar-refractivity contribution in [3.8, 4) is 22.8 Å². The van der Waals surface area contributed by atoms with Crippen LogP contribution in [0.3, 0.4) is 0 Å². The lowest BCUT2D eigenvalue weighted by molar-refractivity contribution is -0.123. The van der Waals surface area contributed by atoms with E-state index < -0.39 is 5.54 Å². The van der Waals surface area contributed by atoms with Crippen molar-refractivity contribution in [2.45, 2.75) is 45.4 Å². The van der Waals surface area contributed by atoms with Crippen LogP contribution in [-0.4, -0.2) is 54.7 Å². The minimum absolute atomic E-state index is 0.0862. The predicted molar refractivity (Wildman–Crippen MR) is 157 cm³/mol. The highest BCUT2D eigenvalue weighted by molar-refractivity contribution is 8.00. The molecule has 0 saturated carbocycles. The minimum atomic E-state index is -0.470. The molecule has 2 amide bonds. The van der Waals surface area contributed by atoms with Crippen molar-refractivity contribution in [1.29, 1.82) is 0 Å². The lowest BCUT2D eigenvalue weighted by Gasteiger charge is -2.29. The van der Waals surface area contributed by atoms with Crippen molar-refractivity contribution in [2.24, 2.45) is 5.92 Å². The van der Waals surface area contributed by atoms with E-state index in [2.05, 4.69) is 26.1 Å². The van der Waals surface area contributed by atoms with Crippen LogP contribution in [0.1, 0.15) is 51.0 Å². The normalized spacial score (nSPS) is 15.6. The number of anilines is 1. The molecule has 9 heteroatoms. The molecule has 1 aromatic heterocycles. The smallest absolute Gasteiger partial charge is 0.240 e. The standard InChI is InChI=1S/C30H38N4O4S/c1-19(2)16-31-24(35)17-33-25(36)18-39-28(22-15-21(37-6)13-14-23(22)38-7)26-27(20-11-9-8-10-12-20)32-34(29(26)33)30(3,4)5/h8-15,19,28H,16-18H2,1-7H3,(H,31,35)/t28-/m1/s1. The minimum Gasteiger partial charge on any atom is -0.497 e. The third kappa shape index (κ3) is 6.08. The van der Waals surface area contributed by atoms with Gasteiger partial charge < -0.3 is 14.8 Å². The first-order valence-electron chi connectivity index (χ1n) is 13.1. The Hall–Kier alpha value is -3.46. The van der Waals surface area contributed by atoms with Gasteiger partial charge in [-0.1, -0.05) is 44.2 Å². The van der Waals surface area contributed by atoms with E-state index in [0.29, 0.717) is 29.8 Å². The lowest BCUT2D eigenvalue weighted by Crippen LogP contribution is -2.44. The molecule has 1 atom stereocenters.